The highest BCUT2D eigenvalue weighted by Gasteiger charge is 2.08. The van der Waals surface area contributed by atoms with Crippen molar-refractivity contribution in [3.63, 3.8) is 0 Å². The highest BCUT2D eigenvalue weighted by atomic mass is 16.5. The van der Waals surface area contributed by atoms with Crippen LogP contribution in [0.1, 0.15) is 12.8 Å². The maximum atomic E-state index is 10.4. The predicted octanol–water partition coefficient (Wildman–Crippen LogP) is -0.521. The fourth-order valence-electron chi connectivity index (χ4n) is 0.427. The van der Waals surface area contributed by atoms with Gasteiger partial charge >= 0.3 is 17.9 Å². The molecule has 0 radical (unpaired) electrons. The Balaban J connectivity index is 3.44. The summed E-state index contributed by atoms with van der Waals surface area (Å²) in [5.41, 5.74) is 0. The first-order valence-corrected chi connectivity index (χ1v) is 3.11. The van der Waals surface area contributed by atoms with Crippen LogP contribution in [-0.4, -0.2) is 34.7 Å². The second-order valence-corrected chi connectivity index (χ2v) is 1.93. The van der Waals surface area contributed by atoms with E-state index in [0.29, 0.717) is 0 Å². The van der Waals surface area contributed by atoms with E-state index in [0.717, 1.165) is 0 Å². The summed E-state index contributed by atoms with van der Waals surface area (Å²) in [5, 5.41) is 16.2. The van der Waals surface area contributed by atoms with Crippen LogP contribution in [-0.2, 0) is 19.1 Å². The maximum absolute atomic E-state index is 10.4. The molecule has 6 heteroatoms. The normalized spacial score (nSPS) is 9.00. The standard InChI is InChI=1S/C6H8O6/c7-4(8)1-2-12-6(11)3-5(9)10/h1-3H2,(H,7,8)(H,9,10). The lowest BCUT2D eigenvalue weighted by Gasteiger charge is -1.99. The van der Waals surface area contributed by atoms with Crippen LogP contribution in [0.2, 0.25) is 0 Å². The third-order valence-electron chi connectivity index (χ3n) is 0.875. The summed E-state index contributed by atoms with van der Waals surface area (Å²) in [5.74, 6) is -3.32. The van der Waals surface area contributed by atoms with Gasteiger partial charge < -0.3 is 14.9 Å². The molecule has 0 aromatic rings. The van der Waals surface area contributed by atoms with Crippen LogP contribution in [0.15, 0.2) is 0 Å². The van der Waals surface area contributed by atoms with Gasteiger partial charge in [-0.2, -0.15) is 0 Å². The van der Waals surface area contributed by atoms with Gasteiger partial charge in [0.25, 0.3) is 0 Å². The lowest BCUT2D eigenvalue weighted by atomic mass is 10.4. The fourth-order valence-corrected chi connectivity index (χ4v) is 0.427. The zero-order chi connectivity index (χ0) is 9.56. The fraction of sp³-hybridized carbons (Fsp3) is 0.500. The molecule has 12 heavy (non-hydrogen) atoms. The van der Waals surface area contributed by atoms with E-state index in [1.54, 1.807) is 0 Å². The van der Waals surface area contributed by atoms with Crippen molar-refractivity contribution in [2.45, 2.75) is 12.8 Å². The minimum atomic E-state index is -1.30. The monoisotopic (exact) mass is 176 g/mol. The first-order valence-electron chi connectivity index (χ1n) is 3.11. The molecule has 0 saturated carbocycles. The quantitative estimate of drug-likeness (QED) is 0.431. The molecule has 0 saturated heterocycles. The molecule has 0 atom stereocenters. The molecule has 6 nitrogen and oxygen atoms in total. The van der Waals surface area contributed by atoms with E-state index in [4.69, 9.17) is 10.2 Å². The van der Waals surface area contributed by atoms with Crippen LogP contribution in [0, 0.1) is 0 Å². The summed E-state index contributed by atoms with van der Waals surface area (Å²) in [7, 11) is 0. The number of hydrogen-bond acceptors (Lipinski definition) is 4. The van der Waals surface area contributed by atoms with Gasteiger partial charge in [-0.05, 0) is 0 Å². The van der Waals surface area contributed by atoms with Crippen molar-refractivity contribution in [2.24, 2.45) is 0 Å². The average molecular weight is 176 g/mol. The van der Waals surface area contributed by atoms with Gasteiger partial charge in [0, 0.05) is 0 Å². The molecule has 68 valence electrons. The van der Waals surface area contributed by atoms with Crippen molar-refractivity contribution in [2.75, 3.05) is 6.61 Å². The molecule has 0 aliphatic heterocycles. The SMILES string of the molecule is O=C(O)CCOC(=O)CC(=O)O. The predicted molar refractivity (Wildman–Crippen MR) is 35.5 cm³/mol. The van der Waals surface area contributed by atoms with Crippen molar-refractivity contribution in [1.82, 2.24) is 0 Å². The minimum absolute atomic E-state index is 0.290. The molecule has 0 aromatic carbocycles. The Kier molecular flexibility index (Phi) is 4.43. The summed E-state index contributed by atoms with van der Waals surface area (Å²) >= 11 is 0. The van der Waals surface area contributed by atoms with E-state index < -0.39 is 24.3 Å². The molecular formula is C6H8O6. The van der Waals surface area contributed by atoms with Gasteiger partial charge in [0.05, 0.1) is 6.42 Å². The zero-order valence-corrected chi connectivity index (χ0v) is 6.15. The van der Waals surface area contributed by atoms with Crippen LogP contribution in [0.4, 0.5) is 0 Å². The number of esters is 1. The van der Waals surface area contributed by atoms with Crippen molar-refractivity contribution in [3.05, 3.63) is 0 Å². The van der Waals surface area contributed by atoms with Crippen molar-refractivity contribution in [3.8, 4) is 0 Å². The minimum Gasteiger partial charge on any atom is -0.481 e. The van der Waals surface area contributed by atoms with Crippen molar-refractivity contribution < 1.29 is 29.3 Å². The Bertz CT molecular complexity index is 196. The second kappa shape index (κ2) is 5.11. The third-order valence-corrected chi connectivity index (χ3v) is 0.875. The highest BCUT2D eigenvalue weighted by molar-refractivity contribution is 5.90. The number of carbonyl (C=O) groups is 3. The van der Waals surface area contributed by atoms with Gasteiger partial charge in [-0.25, -0.2) is 0 Å². The number of rotatable bonds is 5. The van der Waals surface area contributed by atoms with E-state index in [-0.39, 0.29) is 13.0 Å². The summed E-state index contributed by atoms with van der Waals surface area (Å²) in [6.07, 6.45) is -1.05. The van der Waals surface area contributed by atoms with Crippen molar-refractivity contribution in [1.29, 1.82) is 0 Å². The van der Waals surface area contributed by atoms with Crippen LogP contribution in [0.5, 0.6) is 0 Å². The Morgan fingerprint density at radius 1 is 1.08 bits per heavy atom. The third kappa shape index (κ3) is 6.53. The number of carboxylic acids is 2. The van der Waals surface area contributed by atoms with Crippen LogP contribution < -0.4 is 0 Å². The van der Waals surface area contributed by atoms with Gasteiger partial charge in [0.15, 0.2) is 0 Å². The average Bonchev–Trinajstić information content (AvgIpc) is 1.84. The molecule has 0 aliphatic carbocycles. The molecule has 0 bridgehead atoms. The molecule has 0 aromatic heterocycles. The van der Waals surface area contributed by atoms with Crippen LogP contribution >= 0.6 is 0 Å². The van der Waals surface area contributed by atoms with E-state index in [9.17, 15) is 14.4 Å². The summed E-state index contributed by atoms with van der Waals surface area (Å²) in [6, 6.07) is 0. The summed E-state index contributed by atoms with van der Waals surface area (Å²) < 4.78 is 4.26. The van der Waals surface area contributed by atoms with E-state index >= 15 is 0 Å². The topological polar surface area (TPSA) is 101 Å². The van der Waals surface area contributed by atoms with Gasteiger partial charge in [-0.1, -0.05) is 0 Å². The second-order valence-electron chi connectivity index (χ2n) is 1.93. The number of carbonyl (C=O) groups excluding carboxylic acids is 1. The van der Waals surface area contributed by atoms with E-state index in [1.165, 1.54) is 0 Å². The number of carboxylic acid groups (broad SMARTS) is 2. The zero-order valence-electron chi connectivity index (χ0n) is 6.15. The Morgan fingerprint density at radius 3 is 2.08 bits per heavy atom. The molecule has 0 spiro atoms. The van der Waals surface area contributed by atoms with Gasteiger partial charge in [0.1, 0.15) is 13.0 Å². The molecule has 0 unspecified atom stereocenters. The number of hydrogen-bond donors (Lipinski definition) is 2. The lowest BCUT2D eigenvalue weighted by molar-refractivity contribution is -0.152. The molecule has 2 N–H and O–H groups in total. The molecule has 0 fully saturated rings. The Morgan fingerprint density at radius 2 is 1.67 bits per heavy atom. The van der Waals surface area contributed by atoms with E-state index in [2.05, 4.69) is 4.74 Å². The van der Waals surface area contributed by atoms with E-state index in [1.807, 2.05) is 0 Å². The Labute approximate surface area is 67.8 Å². The highest BCUT2D eigenvalue weighted by Crippen LogP contribution is 1.88. The number of aliphatic carboxylic acids is 2. The number of ether oxygens (including phenoxy) is 1. The first-order chi connectivity index (χ1) is 5.52. The molecule has 0 heterocycles. The summed E-state index contributed by atoms with van der Waals surface area (Å²) in [4.78, 5) is 30.2. The molecular weight excluding hydrogens is 168 g/mol. The molecule has 0 rings (SSSR count). The molecule has 0 amide bonds. The Hall–Kier alpha value is -1.59. The van der Waals surface area contributed by atoms with Crippen LogP contribution in [0.3, 0.4) is 0 Å². The van der Waals surface area contributed by atoms with Gasteiger partial charge in [0.2, 0.25) is 0 Å². The smallest absolute Gasteiger partial charge is 0.317 e. The van der Waals surface area contributed by atoms with Gasteiger partial charge in [-0.15, -0.1) is 0 Å². The first kappa shape index (κ1) is 10.4. The molecule has 0 aliphatic rings. The lowest BCUT2D eigenvalue weighted by Crippen LogP contribution is -2.12. The largest absolute Gasteiger partial charge is 0.481 e. The maximum Gasteiger partial charge on any atom is 0.317 e. The van der Waals surface area contributed by atoms with Crippen molar-refractivity contribution >= 4 is 17.9 Å². The summed E-state index contributed by atoms with van der Waals surface area (Å²) in [6.45, 7) is -0.290. The van der Waals surface area contributed by atoms with Crippen LogP contribution in [0.25, 0.3) is 0 Å². The van der Waals surface area contributed by atoms with Gasteiger partial charge in [-0.3, -0.25) is 14.4 Å².